The van der Waals surface area contributed by atoms with E-state index in [2.05, 4.69) is 34.0 Å². The van der Waals surface area contributed by atoms with Crippen LogP contribution in [0.1, 0.15) is 46.0 Å². The van der Waals surface area contributed by atoms with Crippen molar-refractivity contribution in [2.75, 3.05) is 31.1 Å². The molecule has 0 spiro atoms. The molecule has 1 aliphatic heterocycles. The second-order valence-corrected chi connectivity index (χ2v) is 11.9. The van der Waals surface area contributed by atoms with Gasteiger partial charge < -0.3 is 16.0 Å². The molecule has 1 saturated heterocycles. The molecular weight excluding hydrogens is 467 g/mol. The molecule has 5 fully saturated rings. The normalized spacial score (nSPS) is 33.0. The van der Waals surface area contributed by atoms with Crippen LogP contribution in [0.3, 0.4) is 0 Å². The molecule has 0 radical (unpaired) electrons. The molecule has 1 heterocycles. The number of carbonyl (C=O) groups is 1. The summed E-state index contributed by atoms with van der Waals surface area (Å²) in [5.74, 6) is 1.55. The van der Waals surface area contributed by atoms with E-state index in [1.807, 2.05) is 6.19 Å². The molecule has 5 aliphatic rings. The summed E-state index contributed by atoms with van der Waals surface area (Å²) in [6.45, 7) is 7.22. The molecule has 35 heavy (non-hydrogen) atoms. The zero-order valence-corrected chi connectivity index (χ0v) is 21.2. The molecular formula is C26H34ClFN6O. The van der Waals surface area contributed by atoms with Crippen LogP contribution in [0.2, 0.25) is 5.02 Å². The SMILES string of the molecule is CC(C)(/C(=N/C#N)NC1C2CC3CC1CC(C(N)=O)(C3)C2)N1CCN(c2ccc(F)cc2Cl)CC1. The number of amides is 1. The maximum absolute atomic E-state index is 13.5. The summed E-state index contributed by atoms with van der Waals surface area (Å²) in [4.78, 5) is 21.1. The van der Waals surface area contributed by atoms with Gasteiger partial charge in [-0.05, 0) is 81.9 Å². The molecule has 188 valence electrons. The van der Waals surface area contributed by atoms with Crippen LogP contribution >= 0.6 is 11.6 Å². The molecule has 2 atom stereocenters. The van der Waals surface area contributed by atoms with E-state index in [4.69, 9.17) is 17.3 Å². The van der Waals surface area contributed by atoms with E-state index in [0.29, 0.717) is 28.6 Å². The standard InChI is InChI=1S/C26H34ClFN6O/c1-25(2,34-7-5-33(6-8-34)21-4-3-19(28)11-20(21)27)24(31-15-29)32-22-17-9-16-10-18(22)14-26(12-16,13-17)23(30)35/h3-4,11,16-18,22H,5-10,12-14H2,1-2H3,(H2,30,35)(H,31,32). The third-order valence-electron chi connectivity index (χ3n) is 9.16. The average molecular weight is 501 g/mol. The van der Waals surface area contributed by atoms with Crippen molar-refractivity contribution in [3.8, 4) is 6.19 Å². The highest BCUT2D eigenvalue weighted by Gasteiger charge is 2.58. The number of amidine groups is 1. The van der Waals surface area contributed by atoms with Crippen molar-refractivity contribution in [1.82, 2.24) is 10.2 Å². The van der Waals surface area contributed by atoms with Gasteiger partial charge in [-0.2, -0.15) is 10.3 Å². The Labute approximate surface area is 211 Å². The number of nitriles is 1. The van der Waals surface area contributed by atoms with Crippen LogP contribution in [-0.4, -0.2) is 54.4 Å². The number of hydrogen-bond acceptors (Lipinski definition) is 5. The Morgan fingerprint density at radius 3 is 2.46 bits per heavy atom. The Hall–Kier alpha value is -2.37. The van der Waals surface area contributed by atoms with Crippen molar-refractivity contribution in [2.24, 2.45) is 33.9 Å². The number of carbonyl (C=O) groups excluding carboxylic acids is 1. The fraction of sp³-hybridized carbons (Fsp3) is 0.654. The van der Waals surface area contributed by atoms with Crippen molar-refractivity contribution in [1.29, 1.82) is 5.26 Å². The maximum Gasteiger partial charge on any atom is 0.223 e. The minimum atomic E-state index is -0.468. The van der Waals surface area contributed by atoms with E-state index in [1.54, 1.807) is 6.07 Å². The molecule has 1 aromatic carbocycles. The summed E-state index contributed by atoms with van der Waals surface area (Å²) in [5, 5.41) is 13.7. The number of primary amides is 1. The second kappa shape index (κ2) is 8.94. The van der Waals surface area contributed by atoms with Crippen LogP contribution in [0, 0.1) is 40.4 Å². The van der Waals surface area contributed by atoms with Gasteiger partial charge in [-0.3, -0.25) is 9.69 Å². The number of aliphatic imine (C=N–C) groups is 1. The van der Waals surface area contributed by atoms with Crippen molar-refractivity contribution < 1.29 is 9.18 Å². The molecule has 3 N–H and O–H groups in total. The number of nitrogens with one attached hydrogen (secondary N) is 1. The van der Waals surface area contributed by atoms with Gasteiger partial charge >= 0.3 is 0 Å². The van der Waals surface area contributed by atoms with E-state index in [9.17, 15) is 14.4 Å². The lowest BCUT2D eigenvalue weighted by molar-refractivity contribution is -0.145. The summed E-state index contributed by atoms with van der Waals surface area (Å²) < 4.78 is 13.5. The fourth-order valence-corrected chi connectivity index (χ4v) is 7.80. The first-order chi connectivity index (χ1) is 16.6. The van der Waals surface area contributed by atoms with Gasteiger partial charge in [-0.15, -0.1) is 0 Å². The van der Waals surface area contributed by atoms with Crippen molar-refractivity contribution in [2.45, 2.75) is 57.5 Å². The van der Waals surface area contributed by atoms with E-state index in [1.165, 1.54) is 12.1 Å². The zero-order chi connectivity index (χ0) is 25.0. The minimum absolute atomic E-state index is 0.138. The summed E-state index contributed by atoms with van der Waals surface area (Å²) in [6.07, 6.45) is 6.86. The van der Waals surface area contributed by atoms with E-state index < -0.39 is 5.54 Å². The number of nitrogens with zero attached hydrogens (tertiary/aromatic N) is 4. The molecule has 1 amide bonds. The van der Waals surface area contributed by atoms with Crippen molar-refractivity contribution in [3.05, 3.63) is 29.0 Å². The van der Waals surface area contributed by atoms with Crippen LogP contribution in [0.4, 0.5) is 10.1 Å². The molecule has 4 saturated carbocycles. The van der Waals surface area contributed by atoms with Crippen molar-refractivity contribution >= 4 is 29.0 Å². The topological polar surface area (TPSA) is 97.8 Å². The molecule has 0 aromatic heterocycles. The van der Waals surface area contributed by atoms with Gasteiger partial charge in [0, 0.05) is 37.6 Å². The van der Waals surface area contributed by atoms with Crippen LogP contribution in [0.15, 0.2) is 23.2 Å². The quantitative estimate of drug-likeness (QED) is 0.366. The number of piperazine rings is 1. The van der Waals surface area contributed by atoms with Crippen LogP contribution in [0.25, 0.3) is 0 Å². The number of halogens is 2. The van der Waals surface area contributed by atoms with Gasteiger partial charge in [-0.25, -0.2) is 4.39 Å². The van der Waals surface area contributed by atoms with Gasteiger partial charge in [0.2, 0.25) is 12.1 Å². The van der Waals surface area contributed by atoms with Crippen LogP contribution < -0.4 is 16.0 Å². The average Bonchev–Trinajstić information content (AvgIpc) is 2.80. The zero-order valence-electron chi connectivity index (χ0n) is 20.4. The predicted octanol–water partition coefficient (Wildman–Crippen LogP) is 3.53. The molecule has 7 nitrogen and oxygen atoms in total. The smallest absolute Gasteiger partial charge is 0.223 e. The highest BCUT2D eigenvalue weighted by molar-refractivity contribution is 6.33. The maximum atomic E-state index is 13.5. The van der Waals surface area contributed by atoms with Gasteiger partial charge in [0.1, 0.15) is 11.7 Å². The Morgan fingerprint density at radius 2 is 1.89 bits per heavy atom. The lowest BCUT2D eigenvalue weighted by Gasteiger charge is -2.59. The molecule has 2 unspecified atom stereocenters. The van der Waals surface area contributed by atoms with Gasteiger partial charge in [0.15, 0.2) is 0 Å². The lowest BCUT2D eigenvalue weighted by Crippen LogP contribution is -2.66. The first-order valence-corrected chi connectivity index (χ1v) is 13.0. The van der Waals surface area contributed by atoms with Crippen molar-refractivity contribution in [3.63, 3.8) is 0 Å². The highest BCUT2D eigenvalue weighted by Crippen LogP contribution is 2.60. The minimum Gasteiger partial charge on any atom is -0.369 e. The molecule has 6 rings (SSSR count). The highest BCUT2D eigenvalue weighted by atomic mass is 35.5. The first kappa shape index (κ1) is 24.3. The Kier molecular flexibility index (Phi) is 6.21. The van der Waals surface area contributed by atoms with Gasteiger partial charge in [-0.1, -0.05) is 11.6 Å². The van der Waals surface area contributed by atoms with Gasteiger partial charge in [0.25, 0.3) is 0 Å². The number of hydrogen-bond donors (Lipinski definition) is 2. The third-order valence-corrected chi connectivity index (χ3v) is 9.46. The monoisotopic (exact) mass is 500 g/mol. The molecule has 9 heteroatoms. The van der Waals surface area contributed by atoms with Crippen LogP contribution in [-0.2, 0) is 4.79 Å². The van der Waals surface area contributed by atoms with E-state index in [0.717, 1.165) is 64.0 Å². The molecule has 4 bridgehead atoms. The summed E-state index contributed by atoms with van der Waals surface area (Å²) in [7, 11) is 0. The lowest BCUT2D eigenvalue weighted by atomic mass is 9.47. The molecule has 1 aromatic rings. The number of rotatable bonds is 5. The summed E-state index contributed by atoms with van der Waals surface area (Å²) >= 11 is 6.29. The van der Waals surface area contributed by atoms with E-state index in [-0.39, 0.29) is 23.2 Å². The Morgan fingerprint density at radius 1 is 1.23 bits per heavy atom. The number of anilines is 1. The first-order valence-electron chi connectivity index (χ1n) is 12.6. The Balaban J connectivity index is 1.29. The largest absolute Gasteiger partial charge is 0.369 e. The number of nitrogens with two attached hydrogens (primary N) is 1. The molecule has 4 aliphatic carbocycles. The second-order valence-electron chi connectivity index (χ2n) is 11.5. The Bertz CT molecular complexity index is 1060. The van der Waals surface area contributed by atoms with Gasteiger partial charge in [0.05, 0.1) is 16.2 Å². The third kappa shape index (κ3) is 4.27. The number of benzene rings is 1. The van der Waals surface area contributed by atoms with Crippen LogP contribution in [0.5, 0.6) is 0 Å². The summed E-state index contributed by atoms with van der Waals surface area (Å²) in [6, 6.07) is 4.73. The fourth-order valence-electron chi connectivity index (χ4n) is 7.51. The predicted molar refractivity (Wildman–Crippen MR) is 134 cm³/mol. The van der Waals surface area contributed by atoms with E-state index >= 15 is 0 Å². The summed E-state index contributed by atoms with van der Waals surface area (Å²) in [5.41, 5.74) is 5.89.